The second-order valence-corrected chi connectivity index (χ2v) is 4.99. The van der Waals surface area contributed by atoms with Crippen LogP contribution in [0, 0.1) is 0 Å². The number of hydrogen-bond acceptors (Lipinski definition) is 3. The van der Waals surface area contributed by atoms with Gasteiger partial charge in [0.2, 0.25) is 0 Å². The van der Waals surface area contributed by atoms with Gasteiger partial charge in [0.25, 0.3) is 5.91 Å². The second-order valence-electron chi connectivity index (χ2n) is 4.99. The summed E-state index contributed by atoms with van der Waals surface area (Å²) in [6, 6.07) is 8.96. The monoisotopic (exact) mass is 259 g/mol. The molecule has 2 heterocycles. The van der Waals surface area contributed by atoms with Crippen molar-refractivity contribution in [3.63, 3.8) is 0 Å². The number of carbonyl (C=O) groups is 2. The van der Waals surface area contributed by atoms with Crippen LogP contribution in [0.1, 0.15) is 18.5 Å². The van der Waals surface area contributed by atoms with E-state index in [1.54, 1.807) is 4.90 Å². The van der Waals surface area contributed by atoms with Gasteiger partial charge in [-0.25, -0.2) is 4.79 Å². The summed E-state index contributed by atoms with van der Waals surface area (Å²) in [7, 11) is 0. The number of nitrogens with one attached hydrogen (secondary N) is 1. The Hall–Kier alpha value is -1.88. The average molecular weight is 259 g/mol. The molecule has 1 aromatic carbocycles. The lowest BCUT2D eigenvalue weighted by atomic mass is 10.1. The molecule has 0 aromatic heterocycles. The first-order valence-corrected chi connectivity index (χ1v) is 6.59. The number of hydrogen-bond donors (Lipinski definition) is 1. The summed E-state index contributed by atoms with van der Waals surface area (Å²) in [6.07, 6.45) is 0. The van der Waals surface area contributed by atoms with E-state index >= 15 is 0 Å². The summed E-state index contributed by atoms with van der Waals surface area (Å²) in [5.41, 5.74) is 0.983. The third-order valence-corrected chi connectivity index (χ3v) is 3.89. The molecule has 19 heavy (non-hydrogen) atoms. The zero-order valence-electron chi connectivity index (χ0n) is 10.9. The molecule has 0 unspecified atom stereocenters. The molecular weight excluding hydrogens is 242 g/mol. The maximum absolute atomic E-state index is 12.4. The summed E-state index contributed by atoms with van der Waals surface area (Å²) in [5.74, 6) is -0.0893. The summed E-state index contributed by atoms with van der Waals surface area (Å²) in [6.45, 7) is 3.82. The molecule has 2 aliphatic heterocycles. The molecule has 1 aromatic rings. The minimum absolute atomic E-state index is 0.0893. The van der Waals surface area contributed by atoms with E-state index in [-0.39, 0.29) is 24.0 Å². The smallest absolute Gasteiger partial charge is 0.312 e. The molecule has 5 heteroatoms. The van der Waals surface area contributed by atoms with Crippen LogP contribution >= 0.6 is 0 Å². The number of urea groups is 1. The number of fused-ring (bicyclic) bond motifs is 1. The van der Waals surface area contributed by atoms with Crippen molar-refractivity contribution in [2.45, 2.75) is 19.0 Å². The van der Waals surface area contributed by atoms with Gasteiger partial charge in [-0.1, -0.05) is 30.3 Å². The molecule has 0 aliphatic carbocycles. The van der Waals surface area contributed by atoms with Crippen LogP contribution in [0.4, 0.5) is 4.79 Å². The second kappa shape index (κ2) is 4.66. The quantitative estimate of drug-likeness (QED) is 0.806. The van der Waals surface area contributed by atoms with Crippen molar-refractivity contribution >= 4 is 11.9 Å². The SMILES string of the molecule is C[C@H](c1ccccc1)N1C(=O)[C@@H]2CNCCN2C1=O. The van der Waals surface area contributed by atoms with Crippen LogP contribution in [0.3, 0.4) is 0 Å². The fraction of sp³-hybridized carbons (Fsp3) is 0.429. The van der Waals surface area contributed by atoms with Gasteiger partial charge in [-0.3, -0.25) is 9.69 Å². The van der Waals surface area contributed by atoms with E-state index in [4.69, 9.17) is 0 Å². The van der Waals surface area contributed by atoms with Crippen LogP contribution in [0.5, 0.6) is 0 Å². The Balaban J connectivity index is 1.88. The first-order chi connectivity index (χ1) is 9.20. The first kappa shape index (κ1) is 12.2. The van der Waals surface area contributed by atoms with E-state index in [0.717, 1.165) is 12.1 Å². The molecule has 100 valence electrons. The highest BCUT2D eigenvalue weighted by Gasteiger charge is 2.47. The van der Waals surface area contributed by atoms with Crippen molar-refractivity contribution in [3.8, 4) is 0 Å². The highest BCUT2D eigenvalue weighted by molar-refractivity contribution is 6.04. The van der Waals surface area contributed by atoms with Gasteiger partial charge in [0.1, 0.15) is 6.04 Å². The lowest BCUT2D eigenvalue weighted by Crippen LogP contribution is -2.51. The fourth-order valence-corrected chi connectivity index (χ4v) is 2.78. The molecule has 0 radical (unpaired) electrons. The average Bonchev–Trinajstić information content (AvgIpc) is 2.72. The molecule has 0 spiro atoms. The number of imide groups is 1. The molecule has 5 nitrogen and oxygen atoms in total. The topological polar surface area (TPSA) is 52.7 Å². The molecule has 2 aliphatic rings. The predicted molar refractivity (Wildman–Crippen MR) is 70.5 cm³/mol. The minimum Gasteiger partial charge on any atom is -0.312 e. The highest BCUT2D eigenvalue weighted by atomic mass is 16.2. The van der Waals surface area contributed by atoms with Crippen molar-refractivity contribution in [1.29, 1.82) is 0 Å². The summed E-state index contributed by atoms with van der Waals surface area (Å²) < 4.78 is 0. The number of amides is 3. The van der Waals surface area contributed by atoms with E-state index in [0.29, 0.717) is 13.1 Å². The van der Waals surface area contributed by atoms with Crippen LogP contribution in [0.2, 0.25) is 0 Å². The molecule has 0 saturated carbocycles. The zero-order chi connectivity index (χ0) is 13.4. The minimum atomic E-state index is -0.326. The Bertz CT molecular complexity index is 479. The van der Waals surface area contributed by atoms with Crippen molar-refractivity contribution in [2.75, 3.05) is 19.6 Å². The molecular formula is C14H17N3O2. The van der Waals surface area contributed by atoms with Crippen molar-refractivity contribution in [2.24, 2.45) is 0 Å². The lowest BCUT2D eigenvalue weighted by molar-refractivity contribution is -0.129. The number of rotatable bonds is 2. The Kier molecular flexibility index (Phi) is 2.98. The van der Waals surface area contributed by atoms with Gasteiger partial charge in [-0.2, -0.15) is 0 Å². The Labute approximate surface area is 112 Å². The van der Waals surface area contributed by atoms with Gasteiger partial charge < -0.3 is 10.2 Å². The van der Waals surface area contributed by atoms with E-state index in [2.05, 4.69) is 5.32 Å². The number of nitrogens with zero attached hydrogens (tertiary/aromatic N) is 2. The van der Waals surface area contributed by atoms with Crippen molar-refractivity contribution in [1.82, 2.24) is 15.1 Å². The molecule has 3 amide bonds. The zero-order valence-corrected chi connectivity index (χ0v) is 10.9. The Morgan fingerprint density at radius 2 is 2.00 bits per heavy atom. The lowest BCUT2D eigenvalue weighted by Gasteiger charge is -2.27. The molecule has 0 bridgehead atoms. The van der Waals surface area contributed by atoms with Gasteiger partial charge >= 0.3 is 6.03 Å². The maximum Gasteiger partial charge on any atom is 0.328 e. The van der Waals surface area contributed by atoms with Gasteiger partial charge in [-0.15, -0.1) is 0 Å². The normalized spacial score (nSPS) is 24.6. The molecule has 2 fully saturated rings. The molecule has 1 N–H and O–H groups in total. The van der Waals surface area contributed by atoms with Gasteiger partial charge in [0.05, 0.1) is 6.04 Å². The Morgan fingerprint density at radius 1 is 1.26 bits per heavy atom. The van der Waals surface area contributed by atoms with Crippen LogP contribution < -0.4 is 5.32 Å². The standard InChI is InChI=1S/C14H17N3O2/c1-10(11-5-3-2-4-6-11)17-13(18)12-9-15-7-8-16(12)14(17)19/h2-6,10,12,15H,7-9H2,1H3/t10-,12+/m1/s1. The molecule has 2 saturated heterocycles. The largest absolute Gasteiger partial charge is 0.328 e. The third-order valence-electron chi connectivity index (χ3n) is 3.89. The van der Waals surface area contributed by atoms with Crippen molar-refractivity contribution < 1.29 is 9.59 Å². The van der Waals surface area contributed by atoms with Crippen LogP contribution in [-0.4, -0.2) is 47.4 Å². The summed E-state index contributed by atoms with van der Waals surface area (Å²) in [4.78, 5) is 27.8. The van der Waals surface area contributed by atoms with E-state index in [1.165, 1.54) is 4.90 Å². The van der Waals surface area contributed by atoms with Crippen LogP contribution in [0.15, 0.2) is 30.3 Å². The molecule has 3 rings (SSSR count). The molecule has 2 atom stereocenters. The predicted octanol–water partition coefficient (Wildman–Crippen LogP) is 0.984. The van der Waals surface area contributed by atoms with E-state index in [1.807, 2.05) is 37.3 Å². The van der Waals surface area contributed by atoms with Crippen molar-refractivity contribution in [3.05, 3.63) is 35.9 Å². The summed E-state index contributed by atoms with van der Waals surface area (Å²) >= 11 is 0. The van der Waals surface area contributed by atoms with Gasteiger partial charge in [0, 0.05) is 19.6 Å². The Morgan fingerprint density at radius 3 is 2.68 bits per heavy atom. The maximum atomic E-state index is 12.4. The fourth-order valence-electron chi connectivity index (χ4n) is 2.78. The number of carbonyl (C=O) groups excluding carboxylic acids is 2. The third kappa shape index (κ3) is 1.90. The van der Waals surface area contributed by atoms with Gasteiger partial charge in [-0.05, 0) is 12.5 Å². The van der Waals surface area contributed by atoms with Crippen LogP contribution in [0.25, 0.3) is 0 Å². The summed E-state index contributed by atoms with van der Waals surface area (Å²) in [5, 5.41) is 3.16. The highest BCUT2D eigenvalue weighted by Crippen LogP contribution is 2.28. The van der Waals surface area contributed by atoms with Gasteiger partial charge in [0.15, 0.2) is 0 Å². The van der Waals surface area contributed by atoms with Crippen LogP contribution in [-0.2, 0) is 4.79 Å². The van der Waals surface area contributed by atoms with E-state index < -0.39 is 0 Å². The van der Waals surface area contributed by atoms with E-state index in [9.17, 15) is 9.59 Å². The number of benzene rings is 1. The first-order valence-electron chi connectivity index (χ1n) is 6.59. The number of piperazine rings is 1.